The van der Waals surface area contributed by atoms with Gasteiger partial charge in [0.25, 0.3) is 0 Å². The molecule has 1 saturated heterocycles. The van der Waals surface area contributed by atoms with E-state index in [1.54, 1.807) is 0 Å². The van der Waals surface area contributed by atoms with E-state index in [9.17, 15) is 5.02 Å². The fourth-order valence-corrected chi connectivity index (χ4v) is 4.46. The Labute approximate surface area is 153 Å². The quantitative estimate of drug-likeness (QED) is 0.813. The van der Waals surface area contributed by atoms with E-state index >= 15 is 0 Å². The van der Waals surface area contributed by atoms with Crippen molar-refractivity contribution in [1.82, 2.24) is 4.81 Å². The number of nitrogens with zero attached hydrogens (tertiary/aromatic N) is 1. The molecule has 0 bridgehead atoms. The Morgan fingerprint density at radius 2 is 1.68 bits per heavy atom. The summed E-state index contributed by atoms with van der Waals surface area (Å²) in [7, 11) is -0.337. The van der Waals surface area contributed by atoms with Crippen LogP contribution >= 0.6 is 0 Å². The third-order valence-electron chi connectivity index (χ3n) is 6.30. The Balaban J connectivity index is 1.50. The standard InChI is InChI=1S/C21H34BNO2/c1-21(2,3)18-7-11-20(12-8-18)25-19-9-5-16(6-10-19)17-13-14-23(15-17)22(4)24/h5-6,9-10,17-18,20,24H,7-8,11-15H2,1-4H3. The van der Waals surface area contributed by atoms with Crippen LogP contribution in [0.2, 0.25) is 6.82 Å². The number of rotatable bonds is 4. The molecule has 1 N–H and O–H groups in total. The second-order valence-electron chi connectivity index (χ2n) is 9.14. The minimum atomic E-state index is -0.337. The number of hydrogen-bond donors (Lipinski definition) is 1. The van der Waals surface area contributed by atoms with Gasteiger partial charge in [0.05, 0.1) is 6.10 Å². The van der Waals surface area contributed by atoms with E-state index in [0.717, 1.165) is 31.2 Å². The summed E-state index contributed by atoms with van der Waals surface area (Å²) in [6.45, 7) is 10.9. The molecule has 1 atom stereocenters. The predicted molar refractivity (Wildman–Crippen MR) is 105 cm³/mol. The van der Waals surface area contributed by atoms with Crippen molar-refractivity contribution in [3.05, 3.63) is 29.8 Å². The van der Waals surface area contributed by atoms with Crippen molar-refractivity contribution >= 4 is 7.05 Å². The second-order valence-corrected chi connectivity index (χ2v) is 9.14. The molecular weight excluding hydrogens is 309 g/mol. The lowest BCUT2D eigenvalue weighted by Crippen LogP contribution is -2.34. The fourth-order valence-electron chi connectivity index (χ4n) is 4.46. The molecule has 3 nitrogen and oxygen atoms in total. The highest BCUT2D eigenvalue weighted by molar-refractivity contribution is 6.45. The summed E-state index contributed by atoms with van der Waals surface area (Å²) < 4.78 is 6.24. The van der Waals surface area contributed by atoms with Crippen molar-refractivity contribution in [2.75, 3.05) is 13.1 Å². The number of benzene rings is 1. The lowest BCUT2D eigenvalue weighted by molar-refractivity contribution is 0.0882. The Morgan fingerprint density at radius 3 is 2.20 bits per heavy atom. The molecule has 1 saturated carbocycles. The van der Waals surface area contributed by atoms with E-state index in [2.05, 4.69) is 49.8 Å². The molecule has 0 spiro atoms. The van der Waals surface area contributed by atoms with Gasteiger partial charge in [-0.25, -0.2) is 0 Å². The van der Waals surface area contributed by atoms with Crippen molar-refractivity contribution in [1.29, 1.82) is 0 Å². The summed E-state index contributed by atoms with van der Waals surface area (Å²) >= 11 is 0. The molecule has 1 aromatic carbocycles. The molecule has 0 amide bonds. The van der Waals surface area contributed by atoms with Crippen molar-refractivity contribution < 1.29 is 9.76 Å². The molecule has 1 heterocycles. The summed E-state index contributed by atoms with van der Waals surface area (Å²) in [5.41, 5.74) is 1.79. The maximum absolute atomic E-state index is 9.72. The van der Waals surface area contributed by atoms with Gasteiger partial charge < -0.3 is 14.6 Å². The molecule has 2 fully saturated rings. The Hall–Kier alpha value is -0.995. The fraction of sp³-hybridized carbons (Fsp3) is 0.714. The molecule has 4 heteroatoms. The van der Waals surface area contributed by atoms with Crippen LogP contribution in [0.1, 0.15) is 64.4 Å². The maximum Gasteiger partial charge on any atom is 0.376 e. The minimum absolute atomic E-state index is 0.337. The first-order valence-electron chi connectivity index (χ1n) is 10.0. The summed E-state index contributed by atoms with van der Waals surface area (Å²) in [5.74, 6) is 2.37. The summed E-state index contributed by atoms with van der Waals surface area (Å²) in [6, 6.07) is 8.70. The van der Waals surface area contributed by atoms with Crippen LogP contribution in [0.25, 0.3) is 0 Å². The lowest BCUT2D eigenvalue weighted by atomic mass is 9.72. The van der Waals surface area contributed by atoms with E-state index in [1.807, 2.05) is 6.82 Å². The van der Waals surface area contributed by atoms with E-state index in [-0.39, 0.29) is 7.05 Å². The predicted octanol–water partition coefficient (Wildman–Crippen LogP) is 4.57. The van der Waals surface area contributed by atoms with Gasteiger partial charge in [0.2, 0.25) is 0 Å². The van der Waals surface area contributed by atoms with Crippen LogP contribution in [0.4, 0.5) is 0 Å². The van der Waals surface area contributed by atoms with Crippen molar-refractivity contribution in [3.63, 3.8) is 0 Å². The molecule has 1 aliphatic heterocycles. The molecule has 1 aliphatic carbocycles. The van der Waals surface area contributed by atoms with Gasteiger partial charge in [-0.3, -0.25) is 0 Å². The van der Waals surface area contributed by atoms with Gasteiger partial charge in [0.15, 0.2) is 0 Å². The van der Waals surface area contributed by atoms with Crippen molar-refractivity contribution in [2.24, 2.45) is 11.3 Å². The van der Waals surface area contributed by atoms with Gasteiger partial charge in [0, 0.05) is 0 Å². The lowest BCUT2D eigenvalue weighted by Gasteiger charge is -2.37. The first-order chi connectivity index (χ1) is 11.8. The first kappa shape index (κ1) is 18.8. The monoisotopic (exact) mass is 343 g/mol. The highest BCUT2D eigenvalue weighted by Gasteiger charge is 2.31. The van der Waals surface area contributed by atoms with E-state index in [4.69, 9.17) is 4.74 Å². The number of ether oxygens (including phenoxy) is 1. The average Bonchev–Trinajstić information content (AvgIpc) is 3.05. The topological polar surface area (TPSA) is 32.7 Å². The molecule has 0 aromatic heterocycles. The number of hydrogen-bond acceptors (Lipinski definition) is 3. The largest absolute Gasteiger partial charge is 0.490 e. The van der Waals surface area contributed by atoms with Crippen LogP contribution in [0.15, 0.2) is 24.3 Å². The molecule has 1 unspecified atom stereocenters. The van der Waals surface area contributed by atoms with Crippen LogP contribution in [0.5, 0.6) is 5.75 Å². The average molecular weight is 343 g/mol. The van der Waals surface area contributed by atoms with Crippen LogP contribution in [0.3, 0.4) is 0 Å². The van der Waals surface area contributed by atoms with Gasteiger partial charge in [-0.2, -0.15) is 0 Å². The summed E-state index contributed by atoms with van der Waals surface area (Å²) in [6.07, 6.45) is 6.42. The van der Waals surface area contributed by atoms with Crippen LogP contribution in [-0.4, -0.2) is 36.1 Å². The molecule has 25 heavy (non-hydrogen) atoms. The van der Waals surface area contributed by atoms with E-state index < -0.39 is 0 Å². The molecule has 1 aromatic rings. The first-order valence-corrected chi connectivity index (χ1v) is 10.0. The Bertz CT molecular complexity index is 544. The Morgan fingerprint density at radius 1 is 1.04 bits per heavy atom. The third kappa shape index (κ3) is 4.80. The SMILES string of the molecule is CB(O)N1CCC(c2ccc(OC3CCC(C(C)(C)C)CC3)cc2)C1. The third-order valence-corrected chi connectivity index (χ3v) is 6.30. The van der Waals surface area contributed by atoms with Gasteiger partial charge in [-0.05, 0) is 87.0 Å². The smallest absolute Gasteiger partial charge is 0.376 e. The normalized spacial score (nSPS) is 28.1. The molecule has 138 valence electrons. The van der Waals surface area contributed by atoms with Gasteiger partial charge in [0.1, 0.15) is 5.75 Å². The van der Waals surface area contributed by atoms with Crippen molar-refractivity contribution in [2.45, 2.75) is 71.7 Å². The Kier molecular flexibility index (Phi) is 5.80. The molecule has 3 rings (SSSR count). The zero-order valence-electron chi connectivity index (χ0n) is 16.4. The summed E-state index contributed by atoms with van der Waals surface area (Å²) in [5, 5.41) is 9.72. The van der Waals surface area contributed by atoms with Gasteiger partial charge in [-0.1, -0.05) is 32.9 Å². The van der Waals surface area contributed by atoms with Crippen LogP contribution in [0, 0.1) is 11.3 Å². The highest BCUT2D eigenvalue weighted by Crippen LogP contribution is 2.39. The van der Waals surface area contributed by atoms with E-state index in [1.165, 1.54) is 31.2 Å². The zero-order chi connectivity index (χ0) is 18.0. The van der Waals surface area contributed by atoms with E-state index in [0.29, 0.717) is 17.4 Å². The maximum atomic E-state index is 9.72. The molecule has 0 radical (unpaired) electrons. The molecule has 2 aliphatic rings. The van der Waals surface area contributed by atoms with Gasteiger partial charge in [-0.15, -0.1) is 0 Å². The van der Waals surface area contributed by atoms with Gasteiger partial charge >= 0.3 is 7.05 Å². The second kappa shape index (κ2) is 7.71. The van der Waals surface area contributed by atoms with Crippen LogP contribution < -0.4 is 4.74 Å². The summed E-state index contributed by atoms with van der Waals surface area (Å²) in [4.78, 5) is 2.14. The highest BCUT2D eigenvalue weighted by atomic mass is 16.5. The van der Waals surface area contributed by atoms with Crippen LogP contribution in [-0.2, 0) is 0 Å². The minimum Gasteiger partial charge on any atom is -0.490 e. The van der Waals surface area contributed by atoms with Crippen molar-refractivity contribution in [3.8, 4) is 5.75 Å². The molecular formula is C21H34BNO2. The zero-order valence-corrected chi connectivity index (χ0v) is 16.4.